The van der Waals surface area contributed by atoms with Crippen molar-refractivity contribution in [1.29, 1.82) is 0 Å². The molecule has 0 aromatic carbocycles. The normalized spacial score (nSPS) is 24.1. The average molecular weight is 370 g/mol. The van der Waals surface area contributed by atoms with Crippen molar-refractivity contribution in [2.45, 2.75) is 12.6 Å². The predicted octanol–water partition coefficient (Wildman–Crippen LogP) is 1.76. The van der Waals surface area contributed by atoms with Gasteiger partial charge < -0.3 is 14.2 Å². The smallest absolute Gasteiger partial charge is 0.141 e. The number of ether oxygens (including phenoxy) is 1. The second kappa shape index (κ2) is 6.61. The third kappa shape index (κ3) is 2.87. The summed E-state index contributed by atoms with van der Waals surface area (Å²) in [4.78, 5) is 19.6. The van der Waals surface area contributed by atoms with Gasteiger partial charge in [0.2, 0.25) is 0 Å². The molecule has 0 unspecified atom stereocenters. The van der Waals surface area contributed by atoms with E-state index >= 15 is 0 Å². The van der Waals surface area contributed by atoms with Crippen LogP contribution in [0.1, 0.15) is 5.82 Å². The van der Waals surface area contributed by atoms with Crippen molar-refractivity contribution < 1.29 is 4.74 Å². The first-order chi connectivity index (χ1) is 12.8. The van der Waals surface area contributed by atoms with Crippen molar-refractivity contribution in [1.82, 2.24) is 24.4 Å². The second-order valence-electron chi connectivity index (χ2n) is 7.19. The summed E-state index contributed by atoms with van der Waals surface area (Å²) < 4.78 is 8.09. The monoisotopic (exact) mass is 370 g/mol. The molecule has 5 heterocycles. The van der Waals surface area contributed by atoms with Crippen LogP contribution in [0.15, 0.2) is 30.2 Å². The van der Waals surface area contributed by atoms with Crippen molar-refractivity contribution in [2.75, 3.05) is 37.7 Å². The summed E-state index contributed by atoms with van der Waals surface area (Å²) in [5, 5.41) is 3.25. The molecule has 0 saturated carbocycles. The molecular formula is C18H22N6OS. The van der Waals surface area contributed by atoms with Crippen molar-refractivity contribution in [3.63, 3.8) is 0 Å². The van der Waals surface area contributed by atoms with Gasteiger partial charge in [-0.15, -0.1) is 11.3 Å². The highest BCUT2D eigenvalue weighted by atomic mass is 32.1. The van der Waals surface area contributed by atoms with E-state index in [9.17, 15) is 0 Å². The zero-order valence-corrected chi connectivity index (χ0v) is 15.6. The fourth-order valence-electron chi connectivity index (χ4n) is 4.08. The van der Waals surface area contributed by atoms with Gasteiger partial charge in [0, 0.05) is 45.0 Å². The lowest BCUT2D eigenvalue weighted by Crippen LogP contribution is -2.44. The lowest BCUT2D eigenvalue weighted by Gasteiger charge is -2.32. The molecule has 2 aliphatic rings. The lowest BCUT2D eigenvalue weighted by molar-refractivity contribution is 0.0617. The first kappa shape index (κ1) is 16.2. The molecule has 136 valence electrons. The van der Waals surface area contributed by atoms with Crippen LogP contribution >= 0.6 is 11.3 Å². The largest absolute Gasteiger partial charge is 0.379 e. The summed E-state index contributed by atoms with van der Waals surface area (Å²) in [6.45, 7) is 5.38. The van der Waals surface area contributed by atoms with Gasteiger partial charge in [-0.05, 0) is 11.4 Å². The van der Waals surface area contributed by atoms with E-state index in [1.807, 2.05) is 12.4 Å². The summed E-state index contributed by atoms with van der Waals surface area (Å²) in [5.74, 6) is 2.63. The van der Waals surface area contributed by atoms with Gasteiger partial charge in [0.1, 0.15) is 22.8 Å². The maximum Gasteiger partial charge on any atom is 0.141 e. The van der Waals surface area contributed by atoms with E-state index in [0.29, 0.717) is 12.0 Å². The number of imidazole rings is 1. The SMILES string of the molecule is Cn1ccnc1CN1C[C@@H]2COC[C@H](C1)N(c1ncnc3sccc13)C2. The van der Waals surface area contributed by atoms with Gasteiger partial charge in [0.25, 0.3) is 0 Å². The number of thiophene rings is 1. The molecule has 5 rings (SSSR count). The van der Waals surface area contributed by atoms with E-state index in [-0.39, 0.29) is 0 Å². The van der Waals surface area contributed by atoms with Gasteiger partial charge in [-0.25, -0.2) is 15.0 Å². The highest BCUT2D eigenvalue weighted by Crippen LogP contribution is 2.31. The number of hydrogen-bond acceptors (Lipinski definition) is 7. The topological polar surface area (TPSA) is 59.3 Å². The molecule has 2 fully saturated rings. The molecular weight excluding hydrogens is 348 g/mol. The predicted molar refractivity (Wildman–Crippen MR) is 101 cm³/mol. The van der Waals surface area contributed by atoms with E-state index in [2.05, 4.69) is 47.8 Å². The van der Waals surface area contributed by atoms with E-state index in [4.69, 9.17) is 4.74 Å². The van der Waals surface area contributed by atoms with Gasteiger partial charge in [0.05, 0.1) is 31.2 Å². The Morgan fingerprint density at radius 1 is 1.19 bits per heavy atom. The Morgan fingerprint density at radius 2 is 2.15 bits per heavy atom. The third-order valence-corrected chi connectivity index (χ3v) is 6.16. The van der Waals surface area contributed by atoms with Crippen LogP contribution in [0.4, 0.5) is 5.82 Å². The minimum absolute atomic E-state index is 0.292. The van der Waals surface area contributed by atoms with Crippen molar-refractivity contribution >= 4 is 27.4 Å². The fraction of sp³-hybridized carbons (Fsp3) is 0.500. The number of fused-ring (bicyclic) bond motifs is 4. The number of hydrogen-bond donors (Lipinski definition) is 0. The van der Waals surface area contributed by atoms with Crippen molar-refractivity contribution in [2.24, 2.45) is 13.0 Å². The molecule has 2 bridgehead atoms. The van der Waals surface area contributed by atoms with Crippen LogP contribution in [-0.2, 0) is 18.3 Å². The Hall–Kier alpha value is -2.03. The highest BCUT2D eigenvalue weighted by molar-refractivity contribution is 7.16. The Kier molecular flexibility index (Phi) is 4.11. The van der Waals surface area contributed by atoms with E-state index in [0.717, 1.165) is 61.3 Å². The fourth-order valence-corrected chi connectivity index (χ4v) is 4.81. The maximum atomic E-state index is 5.98. The van der Waals surface area contributed by atoms with E-state index in [1.54, 1.807) is 17.7 Å². The molecule has 2 saturated heterocycles. The summed E-state index contributed by atoms with van der Waals surface area (Å²) in [6, 6.07) is 2.43. The maximum absolute atomic E-state index is 5.98. The van der Waals surface area contributed by atoms with Crippen LogP contribution in [-0.4, -0.2) is 63.3 Å². The van der Waals surface area contributed by atoms with Crippen LogP contribution in [0.3, 0.4) is 0 Å². The summed E-state index contributed by atoms with van der Waals surface area (Å²) in [7, 11) is 2.06. The number of nitrogens with zero attached hydrogens (tertiary/aromatic N) is 6. The van der Waals surface area contributed by atoms with Crippen molar-refractivity contribution in [3.8, 4) is 0 Å². The Balaban J connectivity index is 1.46. The molecule has 3 aromatic heterocycles. The molecule has 26 heavy (non-hydrogen) atoms. The zero-order chi connectivity index (χ0) is 17.5. The Bertz CT molecular complexity index is 908. The summed E-state index contributed by atoms with van der Waals surface area (Å²) >= 11 is 1.67. The summed E-state index contributed by atoms with van der Waals surface area (Å²) in [6.07, 6.45) is 5.57. The molecule has 0 amide bonds. The van der Waals surface area contributed by atoms with E-state index in [1.165, 1.54) is 0 Å². The quantitative estimate of drug-likeness (QED) is 0.700. The van der Waals surface area contributed by atoms with Crippen molar-refractivity contribution in [3.05, 3.63) is 36.0 Å². The molecule has 2 atom stereocenters. The first-order valence-corrected chi connectivity index (χ1v) is 9.87. The summed E-state index contributed by atoms with van der Waals surface area (Å²) in [5.41, 5.74) is 0. The number of aryl methyl sites for hydroxylation is 1. The molecule has 3 aromatic rings. The van der Waals surface area contributed by atoms with E-state index < -0.39 is 0 Å². The lowest BCUT2D eigenvalue weighted by atomic mass is 10.1. The van der Waals surface area contributed by atoms with Gasteiger partial charge in [-0.2, -0.15) is 0 Å². The molecule has 0 aliphatic carbocycles. The van der Waals surface area contributed by atoms with Gasteiger partial charge in [-0.3, -0.25) is 4.90 Å². The standard InChI is InChI=1S/C18H22N6OS/c1-22-4-3-19-16(22)9-23-6-13-7-24(14(8-23)11-25-10-13)17-15-2-5-26-18(15)21-12-20-17/h2-5,12-14H,6-11H2,1H3/t13-,14-/m0/s1. The molecule has 0 N–H and O–H groups in total. The molecule has 0 radical (unpaired) electrons. The van der Waals surface area contributed by atoms with Gasteiger partial charge in [-0.1, -0.05) is 0 Å². The zero-order valence-electron chi connectivity index (χ0n) is 14.8. The van der Waals surface area contributed by atoms with Crippen LogP contribution in [0.2, 0.25) is 0 Å². The minimum atomic E-state index is 0.292. The highest BCUT2D eigenvalue weighted by Gasteiger charge is 2.35. The molecule has 8 heteroatoms. The average Bonchev–Trinajstić information content (AvgIpc) is 3.16. The first-order valence-electron chi connectivity index (χ1n) is 8.99. The van der Waals surface area contributed by atoms with Gasteiger partial charge >= 0.3 is 0 Å². The Labute approximate surface area is 156 Å². The third-order valence-electron chi connectivity index (χ3n) is 5.34. The number of aromatic nitrogens is 4. The molecule has 0 spiro atoms. The van der Waals surface area contributed by atoms with Crippen LogP contribution in [0.25, 0.3) is 10.2 Å². The second-order valence-corrected chi connectivity index (χ2v) is 8.09. The molecule has 7 nitrogen and oxygen atoms in total. The number of anilines is 1. The molecule has 2 aliphatic heterocycles. The Morgan fingerprint density at radius 3 is 3.04 bits per heavy atom. The minimum Gasteiger partial charge on any atom is -0.379 e. The van der Waals surface area contributed by atoms with Crippen LogP contribution in [0, 0.1) is 5.92 Å². The van der Waals surface area contributed by atoms with Crippen LogP contribution in [0.5, 0.6) is 0 Å². The number of rotatable bonds is 3. The van der Waals surface area contributed by atoms with Crippen LogP contribution < -0.4 is 4.90 Å². The van der Waals surface area contributed by atoms with Gasteiger partial charge in [0.15, 0.2) is 0 Å².